The molecule has 26 heavy (non-hydrogen) atoms. The predicted octanol–water partition coefficient (Wildman–Crippen LogP) is 4.64. The molecule has 0 aliphatic carbocycles. The molecule has 0 amide bonds. The van der Waals surface area contributed by atoms with E-state index < -0.39 is 0 Å². The second-order valence-corrected chi connectivity index (χ2v) is 8.35. The van der Waals surface area contributed by atoms with Gasteiger partial charge in [-0.05, 0) is 74.2 Å². The van der Waals surface area contributed by atoms with E-state index in [0.29, 0.717) is 16.5 Å². The number of carbonyl (C=O) groups is 1. The minimum Gasteiger partial charge on any atom is -0.292 e. The first-order valence-corrected chi connectivity index (χ1v) is 10.0. The third-order valence-corrected chi connectivity index (χ3v) is 5.68. The molecule has 128 valence electrons. The largest absolute Gasteiger partial charge is 0.292 e. The highest BCUT2D eigenvalue weighted by atomic mass is 127. The fraction of sp³-hybridized carbons (Fsp3) is 0.0500. The maximum absolute atomic E-state index is 12.8. The van der Waals surface area contributed by atoms with Gasteiger partial charge >= 0.3 is 0 Å². The molecule has 0 aliphatic rings. The van der Waals surface area contributed by atoms with E-state index in [2.05, 4.69) is 50.2 Å². The molecular weight excluding hydrogens is 554 g/mol. The first-order valence-electron chi connectivity index (χ1n) is 7.89. The van der Waals surface area contributed by atoms with Crippen molar-refractivity contribution in [3.05, 3.63) is 84.0 Å². The molecule has 0 atom stereocenters. The number of hydrogen-bond donors (Lipinski definition) is 0. The van der Waals surface area contributed by atoms with Gasteiger partial charge in [-0.15, -0.1) is 0 Å². The molecule has 4 nitrogen and oxygen atoms in total. The van der Waals surface area contributed by atoms with E-state index in [1.165, 1.54) is 10.9 Å². The molecule has 0 saturated heterocycles. The molecule has 0 fully saturated rings. The zero-order valence-corrected chi connectivity index (χ0v) is 17.8. The van der Waals surface area contributed by atoms with Crippen molar-refractivity contribution in [1.29, 1.82) is 0 Å². The van der Waals surface area contributed by atoms with E-state index in [9.17, 15) is 9.59 Å². The molecule has 4 rings (SSSR count). The lowest BCUT2D eigenvalue weighted by molar-refractivity contribution is 0.0971. The van der Waals surface area contributed by atoms with Gasteiger partial charge in [0.25, 0.3) is 5.56 Å². The van der Waals surface area contributed by atoms with Crippen LogP contribution in [0.25, 0.3) is 21.7 Å². The highest BCUT2D eigenvalue weighted by molar-refractivity contribution is 14.1. The smallest absolute Gasteiger partial charge is 0.261 e. The molecule has 0 spiro atoms. The number of nitrogens with zero attached hydrogens (tertiary/aromatic N) is 2. The van der Waals surface area contributed by atoms with Crippen LogP contribution in [-0.2, 0) is 6.54 Å². The van der Waals surface area contributed by atoms with Gasteiger partial charge in [0.1, 0.15) is 0 Å². The van der Waals surface area contributed by atoms with E-state index in [0.717, 1.165) is 17.9 Å². The maximum Gasteiger partial charge on any atom is 0.261 e. The Morgan fingerprint density at radius 3 is 2.58 bits per heavy atom. The lowest BCUT2D eigenvalue weighted by atomic mass is 10.0. The monoisotopic (exact) mass is 566 g/mol. The van der Waals surface area contributed by atoms with Crippen LogP contribution in [0.1, 0.15) is 10.4 Å². The summed E-state index contributed by atoms with van der Waals surface area (Å²) in [5.74, 6) is -0.112. The number of ketones is 1. The van der Waals surface area contributed by atoms with Gasteiger partial charge < -0.3 is 0 Å². The summed E-state index contributed by atoms with van der Waals surface area (Å²) < 4.78 is 3.28. The summed E-state index contributed by atoms with van der Waals surface area (Å²) in [5.41, 5.74) is 1.07. The topological polar surface area (TPSA) is 52.0 Å². The van der Waals surface area contributed by atoms with Gasteiger partial charge in [0.05, 0.1) is 23.8 Å². The zero-order valence-electron chi connectivity index (χ0n) is 13.4. The summed E-state index contributed by atoms with van der Waals surface area (Å²) in [6.07, 6.45) is 1.46. The Morgan fingerprint density at radius 1 is 1.00 bits per heavy atom. The molecule has 0 unspecified atom stereocenters. The van der Waals surface area contributed by atoms with Crippen LogP contribution in [0.3, 0.4) is 0 Å². The van der Waals surface area contributed by atoms with Gasteiger partial charge in [0, 0.05) is 12.7 Å². The van der Waals surface area contributed by atoms with E-state index in [1.807, 2.05) is 48.5 Å². The van der Waals surface area contributed by atoms with Gasteiger partial charge in [0.15, 0.2) is 5.78 Å². The summed E-state index contributed by atoms with van der Waals surface area (Å²) in [4.78, 5) is 29.8. The lowest BCUT2D eigenvalue weighted by Crippen LogP contribution is -2.25. The van der Waals surface area contributed by atoms with Crippen molar-refractivity contribution < 1.29 is 4.79 Å². The van der Waals surface area contributed by atoms with Crippen molar-refractivity contribution in [2.75, 3.05) is 0 Å². The van der Waals surface area contributed by atoms with Crippen molar-refractivity contribution in [2.24, 2.45) is 0 Å². The van der Waals surface area contributed by atoms with Gasteiger partial charge in [-0.1, -0.05) is 36.4 Å². The molecule has 0 aliphatic heterocycles. The molecule has 1 aromatic heterocycles. The fourth-order valence-corrected chi connectivity index (χ4v) is 4.90. The SMILES string of the molecule is O=C(Cn1cnc2c(I)cc(I)cc2c1=O)c1ccc2ccccc2c1. The van der Waals surface area contributed by atoms with Gasteiger partial charge in [-0.25, -0.2) is 4.98 Å². The predicted molar refractivity (Wildman–Crippen MR) is 120 cm³/mol. The average Bonchev–Trinajstić information content (AvgIpc) is 2.64. The molecule has 0 bridgehead atoms. The summed E-state index contributed by atoms with van der Waals surface area (Å²) in [6.45, 7) is -0.0256. The van der Waals surface area contributed by atoms with Crippen LogP contribution >= 0.6 is 45.2 Å². The third-order valence-electron chi connectivity index (χ3n) is 4.23. The van der Waals surface area contributed by atoms with Crippen molar-refractivity contribution in [1.82, 2.24) is 9.55 Å². The van der Waals surface area contributed by atoms with Crippen molar-refractivity contribution in [2.45, 2.75) is 6.54 Å². The average molecular weight is 566 g/mol. The number of Topliss-reactive ketones (excluding diaryl/α,β-unsaturated/α-hetero) is 1. The molecule has 0 N–H and O–H groups in total. The minimum atomic E-state index is -0.194. The Morgan fingerprint density at radius 2 is 1.77 bits per heavy atom. The number of rotatable bonds is 3. The van der Waals surface area contributed by atoms with E-state index in [4.69, 9.17) is 0 Å². The summed E-state index contributed by atoms with van der Waals surface area (Å²) in [5, 5.41) is 2.62. The van der Waals surface area contributed by atoms with Crippen molar-refractivity contribution in [3.63, 3.8) is 0 Å². The lowest BCUT2D eigenvalue weighted by Gasteiger charge is -2.08. The first kappa shape index (κ1) is 17.6. The number of carbonyl (C=O) groups excluding carboxylic acids is 1. The molecule has 0 radical (unpaired) electrons. The van der Waals surface area contributed by atoms with Crippen molar-refractivity contribution in [3.8, 4) is 0 Å². The third kappa shape index (κ3) is 3.27. The maximum atomic E-state index is 12.8. The molecule has 3 aromatic carbocycles. The van der Waals surface area contributed by atoms with Crippen LogP contribution in [-0.4, -0.2) is 15.3 Å². The highest BCUT2D eigenvalue weighted by Crippen LogP contribution is 2.20. The van der Waals surface area contributed by atoms with Crippen molar-refractivity contribution >= 4 is 72.6 Å². The number of benzene rings is 3. The van der Waals surface area contributed by atoms with E-state index >= 15 is 0 Å². The number of fused-ring (bicyclic) bond motifs is 2. The van der Waals surface area contributed by atoms with Crippen LogP contribution in [0.5, 0.6) is 0 Å². The van der Waals surface area contributed by atoms with Crippen LogP contribution in [0.2, 0.25) is 0 Å². The normalized spacial score (nSPS) is 11.2. The Balaban J connectivity index is 1.73. The standard InChI is InChI=1S/C20H12I2N2O2/c21-15-8-16-19(17(22)9-15)23-11-24(20(16)26)10-18(25)14-6-5-12-3-1-2-4-13(12)7-14/h1-9,11H,10H2. The summed E-state index contributed by atoms with van der Waals surface area (Å²) >= 11 is 4.35. The number of aromatic nitrogens is 2. The zero-order chi connectivity index (χ0) is 18.3. The Labute approximate surface area is 176 Å². The minimum absolute atomic E-state index is 0.0256. The quantitative estimate of drug-likeness (QED) is 0.269. The van der Waals surface area contributed by atoms with Gasteiger partial charge in [-0.2, -0.15) is 0 Å². The molecule has 6 heteroatoms. The van der Waals surface area contributed by atoms with Gasteiger partial charge in [-0.3, -0.25) is 14.2 Å². The number of halogens is 2. The fourth-order valence-electron chi connectivity index (χ4n) is 2.92. The number of hydrogen-bond acceptors (Lipinski definition) is 3. The highest BCUT2D eigenvalue weighted by Gasteiger charge is 2.12. The van der Waals surface area contributed by atoms with Crippen LogP contribution < -0.4 is 5.56 Å². The molecule has 4 aromatic rings. The van der Waals surface area contributed by atoms with Crippen LogP contribution in [0.15, 0.2) is 65.7 Å². The first-order chi connectivity index (χ1) is 12.5. The van der Waals surface area contributed by atoms with Gasteiger partial charge in [0.2, 0.25) is 0 Å². The Hall–Kier alpha value is -1.81. The molecule has 0 saturated carbocycles. The Kier molecular flexibility index (Phi) is 4.78. The van der Waals surface area contributed by atoms with E-state index in [-0.39, 0.29) is 17.9 Å². The van der Waals surface area contributed by atoms with E-state index in [1.54, 1.807) is 6.07 Å². The second-order valence-electron chi connectivity index (χ2n) is 5.95. The second kappa shape index (κ2) is 7.07. The van der Waals surface area contributed by atoms with Crippen LogP contribution in [0.4, 0.5) is 0 Å². The Bertz CT molecular complexity index is 1230. The summed E-state index contributed by atoms with van der Waals surface area (Å²) in [7, 11) is 0. The molecular formula is C20H12I2N2O2. The molecule has 1 heterocycles. The van der Waals surface area contributed by atoms with Crippen LogP contribution in [0, 0.1) is 7.14 Å². The summed E-state index contributed by atoms with van der Waals surface area (Å²) in [6, 6.07) is 17.3.